The molecule has 3 N–H and O–H groups in total. The van der Waals surface area contributed by atoms with E-state index in [9.17, 15) is 15.3 Å². The molecular formula is C72H72O15. The number of aliphatic hydroxyl groups excluding tert-OH is 3. The predicted octanol–water partition coefficient (Wildman–Crippen LogP) is 12.4. The lowest BCUT2D eigenvalue weighted by molar-refractivity contribution is 0.200. The number of fused-ring (bicyclic) bond motifs is 3. The summed E-state index contributed by atoms with van der Waals surface area (Å²) in [5.74, 6) is 6.43. The van der Waals surface area contributed by atoms with E-state index in [1.165, 1.54) is 0 Å². The van der Waals surface area contributed by atoms with E-state index in [0.717, 1.165) is 50.1 Å². The van der Waals surface area contributed by atoms with Gasteiger partial charge in [0.25, 0.3) is 0 Å². The predicted molar refractivity (Wildman–Crippen MR) is 330 cm³/mol. The summed E-state index contributed by atoms with van der Waals surface area (Å²) in [5, 5.41) is 29.8. The molecule has 0 heterocycles. The SMILES string of the molecule is COc1cc2c(cc1OCCOc1ccc(CO)cc1OCc1ccccc1)Cc1cc(OC)c(OCCOc3ccc(CO)cc3OCc3ccccc3)cc1Cc1cc(OC)c(OCCOc3ccc(CO)cc3OCc3ccccc3)cc1C2. The lowest BCUT2D eigenvalue weighted by Gasteiger charge is -2.19. The van der Waals surface area contributed by atoms with Gasteiger partial charge in [0, 0.05) is 0 Å². The van der Waals surface area contributed by atoms with E-state index in [2.05, 4.69) is 0 Å². The van der Waals surface area contributed by atoms with Crippen LogP contribution in [0.3, 0.4) is 0 Å². The van der Waals surface area contributed by atoms with Crippen LogP contribution in [-0.2, 0) is 58.9 Å². The first-order valence-electron chi connectivity index (χ1n) is 28.9. The quantitative estimate of drug-likeness (QED) is 0.0363. The standard InChI is InChI=1S/C72H72O15/c1-76-64-37-55-34-59-41-71(83-29-26-80-62-23-20-53(44-74)32-68(62)86-47-50-15-9-5-10-16-50)66(78-3)39-57(59)36-60-42-72(84-30-27-81-63-24-21-54(45-75)33-69(63)87-48-51-17-11-6-12-18-51)65(77-2)38-56(60)35-58(55)40-70(64)82-28-25-79-61-22-19-52(43-73)31-67(61)85-46-49-13-7-4-8-14-49/h4-24,31-33,37-42,73-75H,25-30,34-36,43-48H2,1-3H3. The number of benzene rings is 9. The van der Waals surface area contributed by atoms with Crippen LogP contribution in [0.25, 0.3) is 0 Å². The highest BCUT2D eigenvalue weighted by Gasteiger charge is 2.24. The van der Waals surface area contributed by atoms with Crippen LogP contribution in [-0.4, -0.2) is 76.3 Å². The zero-order valence-corrected chi connectivity index (χ0v) is 49.2. The smallest absolute Gasteiger partial charge is 0.162 e. The van der Waals surface area contributed by atoms with Gasteiger partial charge in [-0.05, 0) is 159 Å². The second-order valence-corrected chi connectivity index (χ2v) is 20.6. The minimum Gasteiger partial charge on any atom is -0.493 e. The van der Waals surface area contributed by atoms with Crippen LogP contribution < -0.4 is 56.8 Å². The highest BCUT2D eigenvalue weighted by molar-refractivity contribution is 5.58. The molecule has 0 saturated heterocycles. The Hall–Kier alpha value is -9.54. The Morgan fingerprint density at radius 2 is 0.471 bits per heavy atom. The Bertz CT molecular complexity index is 3290. The fraction of sp³-hybridized carbons (Fsp3) is 0.250. The van der Waals surface area contributed by atoms with Gasteiger partial charge in [0.05, 0.1) is 41.2 Å². The molecule has 0 saturated carbocycles. The van der Waals surface area contributed by atoms with Crippen molar-refractivity contribution in [1.82, 2.24) is 0 Å². The second-order valence-electron chi connectivity index (χ2n) is 20.6. The Balaban J connectivity index is 0.902. The lowest BCUT2D eigenvalue weighted by Crippen LogP contribution is -2.12. The molecule has 0 fully saturated rings. The van der Waals surface area contributed by atoms with Crippen molar-refractivity contribution in [2.75, 3.05) is 61.0 Å². The molecule has 0 aromatic heterocycles. The average Bonchev–Trinajstić information content (AvgIpc) is 2.54. The van der Waals surface area contributed by atoms with Gasteiger partial charge in [-0.25, -0.2) is 0 Å². The summed E-state index contributed by atoms with van der Waals surface area (Å²) < 4.78 is 75.0. The van der Waals surface area contributed by atoms with Crippen LogP contribution in [0.4, 0.5) is 0 Å². The van der Waals surface area contributed by atoms with Gasteiger partial charge in [-0.3, -0.25) is 0 Å². The van der Waals surface area contributed by atoms with Crippen molar-refractivity contribution in [2.24, 2.45) is 0 Å². The van der Waals surface area contributed by atoms with E-state index >= 15 is 0 Å². The maximum absolute atomic E-state index is 9.92. The van der Waals surface area contributed by atoms with E-state index in [0.29, 0.717) is 125 Å². The minimum atomic E-state index is -0.136. The molecule has 0 spiro atoms. The molecule has 9 aromatic rings. The Morgan fingerprint density at radius 1 is 0.241 bits per heavy atom. The van der Waals surface area contributed by atoms with E-state index in [1.807, 2.05) is 127 Å². The summed E-state index contributed by atoms with van der Waals surface area (Å²) in [6.45, 7) is 1.71. The highest BCUT2D eigenvalue weighted by atomic mass is 16.6. The third-order valence-electron chi connectivity index (χ3n) is 14.7. The molecule has 0 aliphatic heterocycles. The van der Waals surface area contributed by atoms with Crippen LogP contribution in [0.15, 0.2) is 182 Å². The van der Waals surface area contributed by atoms with E-state index in [-0.39, 0.29) is 59.5 Å². The van der Waals surface area contributed by atoms with Gasteiger partial charge >= 0.3 is 0 Å². The van der Waals surface area contributed by atoms with Gasteiger partial charge in [-0.1, -0.05) is 109 Å². The largest absolute Gasteiger partial charge is 0.493 e. The van der Waals surface area contributed by atoms with Gasteiger partial charge in [0.1, 0.15) is 59.5 Å². The molecule has 15 nitrogen and oxygen atoms in total. The summed E-state index contributed by atoms with van der Waals surface area (Å²) >= 11 is 0. The zero-order valence-electron chi connectivity index (χ0n) is 49.2. The third-order valence-corrected chi connectivity index (χ3v) is 14.7. The maximum Gasteiger partial charge on any atom is 0.162 e. The monoisotopic (exact) mass is 1180 g/mol. The van der Waals surface area contributed by atoms with Crippen molar-refractivity contribution in [3.8, 4) is 69.0 Å². The number of aliphatic hydroxyl groups is 3. The summed E-state index contributed by atoms with van der Waals surface area (Å²) in [6, 6.07) is 58.0. The van der Waals surface area contributed by atoms with E-state index in [4.69, 9.17) is 56.8 Å². The molecule has 1 aliphatic rings. The molecule has 10 rings (SSSR count). The van der Waals surface area contributed by atoms with Crippen molar-refractivity contribution in [3.05, 3.63) is 249 Å². The number of ether oxygens (including phenoxy) is 12. The fourth-order valence-corrected chi connectivity index (χ4v) is 10.1. The third kappa shape index (κ3) is 16.3. The molecule has 0 unspecified atom stereocenters. The Kier molecular flexibility index (Phi) is 21.2. The minimum absolute atomic E-state index is 0.136. The molecule has 0 amide bonds. The highest BCUT2D eigenvalue weighted by Crippen LogP contribution is 2.42. The molecule has 0 atom stereocenters. The topological polar surface area (TPSA) is 171 Å². The molecule has 0 bridgehead atoms. The first-order chi connectivity index (χ1) is 42.8. The van der Waals surface area contributed by atoms with E-state index < -0.39 is 0 Å². The zero-order chi connectivity index (χ0) is 60.2. The van der Waals surface area contributed by atoms with Crippen molar-refractivity contribution < 1.29 is 72.2 Å². The number of methoxy groups -OCH3 is 3. The first kappa shape index (κ1) is 60.6. The summed E-state index contributed by atoms with van der Waals surface area (Å²) in [6.07, 6.45) is 1.54. The van der Waals surface area contributed by atoms with Gasteiger partial charge in [0.2, 0.25) is 0 Å². The molecular weight excluding hydrogens is 1100 g/mol. The van der Waals surface area contributed by atoms with Gasteiger partial charge in [0.15, 0.2) is 69.0 Å². The van der Waals surface area contributed by atoms with Gasteiger partial charge < -0.3 is 72.2 Å². The molecule has 450 valence electrons. The van der Waals surface area contributed by atoms with Gasteiger partial charge in [-0.2, -0.15) is 0 Å². The molecule has 15 heteroatoms. The van der Waals surface area contributed by atoms with Crippen molar-refractivity contribution in [2.45, 2.75) is 58.9 Å². The average molecular weight is 1180 g/mol. The second kappa shape index (κ2) is 30.5. The van der Waals surface area contributed by atoms with Crippen LogP contribution >= 0.6 is 0 Å². The van der Waals surface area contributed by atoms with Crippen LogP contribution in [0.5, 0.6) is 69.0 Å². The fourth-order valence-electron chi connectivity index (χ4n) is 10.1. The Labute approximate surface area is 507 Å². The maximum atomic E-state index is 9.92. The summed E-state index contributed by atoms with van der Waals surface area (Å²) in [5.41, 5.74) is 11.2. The molecule has 9 aromatic carbocycles. The van der Waals surface area contributed by atoms with Crippen molar-refractivity contribution in [3.63, 3.8) is 0 Å². The van der Waals surface area contributed by atoms with Gasteiger partial charge in [-0.15, -0.1) is 0 Å². The number of hydrogen-bond acceptors (Lipinski definition) is 15. The van der Waals surface area contributed by atoms with Crippen LogP contribution in [0.1, 0.15) is 66.8 Å². The number of rotatable bonds is 30. The molecule has 87 heavy (non-hydrogen) atoms. The summed E-state index contributed by atoms with van der Waals surface area (Å²) in [7, 11) is 4.89. The molecule has 1 aliphatic carbocycles. The lowest BCUT2D eigenvalue weighted by atomic mass is 9.94. The normalized spacial score (nSPS) is 11.5. The van der Waals surface area contributed by atoms with Crippen LogP contribution in [0.2, 0.25) is 0 Å². The van der Waals surface area contributed by atoms with Crippen molar-refractivity contribution in [1.29, 1.82) is 0 Å². The number of hydrogen-bond donors (Lipinski definition) is 3. The van der Waals surface area contributed by atoms with E-state index in [1.54, 1.807) is 75.9 Å². The molecule has 0 radical (unpaired) electrons. The van der Waals surface area contributed by atoms with Crippen LogP contribution in [0, 0.1) is 0 Å². The Morgan fingerprint density at radius 3 is 0.713 bits per heavy atom. The first-order valence-corrected chi connectivity index (χ1v) is 28.9. The van der Waals surface area contributed by atoms with Crippen molar-refractivity contribution >= 4 is 0 Å². The summed E-state index contributed by atoms with van der Waals surface area (Å²) in [4.78, 5) is 0.